The largest absolute Gasteiger partial charge is 0.482 e. The Hall–Kier alpha value is -2.41. The molecule has 0 amide bonds. The molecular formula is C14H13NO5S. The van der Waals surface area contributed by atoms with Gasteiger partial charge in [0.05, 0.1) is 10.7 Å². The van der Waals surface area contributed by atoms with Gasteiger partial charge < -0.3 is 4.74 Å². The van der Waals surface area contributed by atoms with E-state index in [9.17, 15) is 18.5 Å². The lowest BCUT2D eigenvalue weighted by atomic mass is 10.2. The van der Waals surface area contributed by atoms with E-state index in [2.05, 4.69) is 0 Å². The fourth-order valence-electron chi connectivity index (χ4n) is 1.81. The summed E-state index contributed by atoms with van der Waals surface area (Å²) in [6, 6.07) is 13.4. The van der Waals surface area contributed by atoms with Gasteiger partial charge in [0.2, 0.25) is 0 Å². The number of nitro groups is 1. The first-order chi connectivity index (χ1) is 10.1. The molecule has 21 heavy (non-hydrogen) atoms. The first kappa shape index (κ1) is 15.0. The van der Waals surface area contributed by atoms with Crippen molar-refractivity contribution in [2.45, 2.75) is 12.4 Å². The highest BCUT2D eigenvalue weighted by Gasteiger charge is 2.16. The number of ether oxygens (including phenoxy) is 1. The summed E-state index contributed by atoms with van der Waals surface area (Å²) < 4.78 is 26.8. The van der Waals surface area contributed by atoms with Crippen LogP contribution in [0.3, 0.4) is 0 Å². The van der Waals surface area contributed by atoms with Crippen molar-refractivity contribution in [1.29, 1.82) is 0 Å². The van der Waals surface area contributed by atoms with Crippen molar-refractivity contribution in [3.63, 3.8) is 0 Å². The third-order valence-corrected chi connectivity index (χ3v) is 3.39. The first-order valence-electron chi connectivity index (χ1n) is 6.12. The molecule has 0 aliphatic rings. The highest BCUT2D eigenvalue weighted by atomic mass is 32.2. The van der Waals surface area contributed by atoms with E-state index in [1.54, 1.807) is 0 Å². The number of hydrogen-bond acceptors (Lipinski definition) is 5. The van der Waals surface area contributed by atoms with Crippen LogP contribution in [-0.2, 0) is 23.1 Å². The molecule has 0 saturated carbocycles. The van der Waals surface area contributed by atoms with Crippen LogP contribution in [0.4, 0.5) is 5.69 Å². The minimum atomic E-state index is -2.63. The molecular weight excluding hydrogens is 294 g/mol. The molecule has 0 N–H and O–H groups in total. The van der Waals surface area contributed by atoms with Gasteiger partial charge in [-0.25, -0.2) is 8.42 Å². The van der Waals surface area contributed by atoms with E-state index in [-0.39, 0.29) is 23.8 Å². The zero-order chi connectivity index (χ0) is 15.2. The molecule has 110 valence electrons. The van der Waals surface area contributed by atoms with Crippen molar-refractivity contribution in [1.82, 2.24) is 0 Å². The summed E-state index contributed by atoms with van der Waals surface area (Å²) in [6.07, 6.45) is 0. The van der Waals surface area contributed by atoms with Crippen molar-refractivity contribution in [2.75, 3.05) is 0 Å². The zero-order valence-electron chi connectivity index (χ0n) is 11.0. The molecule has 2 aromatic carbocycles. The molecule has 0 aliphatic carbocycles. The monoisotopic (exact) mass is 307 g/mol. The third-order valence-electron chi connectivity index (χ3n) is 2.77. The van der Waals surface area contributed by atoms with Gasteiger partial charge in [0, 0.05) is 6.07 Å². The van der Waals surface area contributed by atoms with Gasteiger partial charge in [-0.05, 0) is 17.2 Å². The van der Waals surface area contributed by atoms with E-state index in [1.165, 1.54) is 18.2 Å². The maximum absolute atomic E-state index is 11.0. The minimum Gasteiger partial charge on any atom is -0.482 e. The molecule has 0 saturated heterocycles. The average Bonchev–Trinajstić information content (AvgIpc) is 2.46. The molecule has 0 spiro atoms. The normalized spacial score (nSPS) is 10.5. The lowest BCUT2D eigenvalue weighted by Crippen LogP contribution is -2.00. The lowest BCUT2D eigenvalue weighted by Gasteiger charge is -2.07. The average molecular weight is 307 g/mol. The number of nitro benzene ring substituents is 1. The smallest absolute Gasteiger partial charge is 0.311 e. The van der Waals surface area contributed by atoms with Gasteiger partial charge in [0.15, 0.2) is 5.75 Å². The summed E-state index contributed by atoms with van der Waals surface area (Å²) in [5, 5.41) is 11.0. The van der Waals surface area contributed by atoms with E-state index >= 15 is 0 Å². The van der Waals surface area contributed by atoms with Crippen molar-refractivity contribution in [2.24, 2.45) is 0 Å². The number of rotatable bonds is 6. The summed E-state index contributed by atoms with van der Waals surface area (Å²) in [5.41, 5.74) is 1.02. The molecule has 2 rings (SSSR count). The second kappa shape index (κ2) is 6.85. The third kappa shape index (κ3) is 4.28. The predicted octanol–water partition coefficient (Wildman–Crippen LogP) is 2.29. The number of benzene rings is 2. The van der Waals surface area contributed by atoms with Gasteiger partial charge in [-0.3, -0.25) is 10.1 Å². The molecule has 0 fully saturated rings. The molecule has 0 atom stereocenters. The topological polar surface area (TPSA) is 86.5 Å². The molecule has 2 aromatic rings. The standard InChI is InChI=1S/C14H13NO5S/c16-15(17)13-8-12(10-21(18)19)6-7-14(13)20-9-11-4-2-1-3-5-11/h1-8,21H,9-10H2. The highest BCUT2D eigenvalue weighted by Crippen LogP contribution is 2.29. The molecule has 0 heterocycles. The van der Waals surface area contributed by atoms with Crippen molar-refractivity contribution in [3.8, 4) is 5.75 Å². The Morgan fingerprint density at radius 1 is 1.05 bits per heavy atom. The van der Waals surface area contributed by atoms with Gasteiger partial charge in [-0.15, -0.1) is 0 Å². The van der Waals surface area contributed by atoms with Gasteiger partial charge in [0.1, 0.15) is 17.3 Å². The van der Waals surface area contributed by atoms with Crippen LogP contribution < -0.4 is 4.74 Å². The fourth-order valence-corrected chi connectivity index (χ4v) is 2.31. The van der Waals surface area contributed by atoms with Crippen LogP contribution >= 0.6 is 0 Å². The van der Waals surface area contributed by atoms with Crippen LogP contribution in [0.2, 0.25) is 0 Å². The maximum Gasteiger partial charge on any atom is 0.311 e. The Kier molecular flexibility index (Phi) is 4.89. The molecule has 6 nitrogen and oxygen atoms in total. The number of nitrogens with zero attached hydrogens (tertiary/aromatic N) is 1. The van der Waals surface area contributed by atoms with Crippen LogP contribution in [0, 0.1) is 10.1 Å². The van der Waals surface area contributed by atoms with Crippen molar-refractivity contribution in [3.05, 3.63) is 69.8 Å². The van der Waals surface area contributed by atoms with Crippen molar-refractivity contribution < 1.29 is 18.1 Å². The first-order valence-corrected chi connectivity index (χ1v) is 7.48. The quantitative estimate of drug-likeness (QED) is 0.502. The van der Waals surface area contributed by atoms with Crippen molar-refractivity contribution >= 4 is 16.4 Å². The predicted molar refractivity (Wildman–Crippen MR) is 77.9 cm³/mol. The van der Waals surface area contributed by atoms with Crippen LogP contribution in [0.25, 0.3) is 0 Å². The number of thiol groups is 1. The molecule has 7 heteroatoms. The van der Waals surface area contributed by atoms with E-state index in [0.717, 1.165) is 5.56 Å². The Labute approximate surface area is 123 Å². The Balaban J connectivity index is 2.20. The molecule has 0 aliphatic heterocycles. The summed E-state index contributed by atoms with van der Waals surface area (Å²) in [6.45, 7) is 0.205. The van der Waals surface area contributed by atoms with Gasteiger partial charge in [0.25, 0.3) is 0 Å². The minimum absolute atomic E-state index is 0.119. The van der Waals surface area contributed by atoms with Crippen LogP contribution in [0.5, 0.6) is 5.75 Å². The number of hydrogen-bond donors (Lipinski definition) is 1. The maximum atomic E-state index is 11.0. The van der Waals surface area contributed by atoms with Crippen LogP contribution in [0.15, 0.2) is 48.5 Å². The van der Waals surface area contributed by atoms with Gasteiger partial charge in [-0.2, -0.15) is 0 Å². The second-order valence-electron chi connectivity index (χ2n) is 4.32. The van der Waals surface area contributed by atoms with Gasteiger partial charge >= 0.3 is 5.69 Å². The molecule has 0 unspecified atom stereocenters. The zero-order valence-corrected chi connectivity index (χ0v) is 11.9. The lowest BCUT2D eigenvalue weighted by molar-refractivity contribution is -0.386. The van der Waals surface area contributed by atoms with E-state index < -0.39 is 15.6 Å². The molecule has 0 radical (unpaired) electrons. The Morgan fingerprint density at radius 3 is 2.38 bits per heavy atom. The molecule has 0 bridgehead atoms. The van der Waals surface area contributed by atoms with Crippen LogP contribution in [-0.4, -0.2) is 13.3 Å². The highest BCUT2D eigenvalue weighted by molar-refractivity contribution is 7.71. The van der Waals surface area contributed by atoms with E-state index in [1.807, 2.05) is 30.3 Å². The molecule has 0 aromatic heterocycles. The van der Waals surface area contributed by atoms with Crippen LogP contribution in [0.1, 0.15) is 11.1 Å². The van der Waals surface area contributed by atoms with E-state index in [0.29, 0.717) is 5.56 Å². The second-order valence-corrected chi connectivity index (χ2v) is 5.31. The SMILES string of the molecule is O=[N+]([O-])c1cc(C[SH](=O)=O)ccc1OCc1ccccc1. The Morgan fingerprint density at radius 2 is 1.76 bits per heavy atom. The summed E-state index contributed by atoms with van der Waals surface area (Å²) in [7, 11) is -2.63. The van der Waals surface area contributed by atoms with Gasteiger partial charge in [-0.1, -0.05) is 36.4 Å². The Bertz CT molecular complexity index is 705. The van der Waals surface area contributed by atoms with E-state index in [4.69, 9.17) is 4.74 Å². The summed E-state index contributed by atoms with van der Waals surface area (Å²) >= 11 is 0. The summed E-state index contributed by atoms with van der Waals surface area (Å²) in [5.74, 6) is -0.108. The fraction of sp³-hybridized carbons (Fsp3) is 0.143. The summed E-state index contributed by atoms with van der Waals surface area (Å²) in [4.78, 5) is 10.5.